The summed E-state index contributed by atoms with van der Waals surface area (Å²) >= 11 is 0. The molecule has 4 aromatic rings. The van der Waals surface area contributed by atoms with Crippen LogP contribution in [0.25, 0.3) is 22.2 Å². The zero-order valence-electron chi connectivity index (χ0n) is 16.0. The number of hydrogen-bond acceptors (Lipinski definition) is 3. The summed E-state index contributed by atoms with van der Waals surface area (Å²) in [7, 11) is 1.44. The minimum atomic E-state index is -0.437. The average molecular weight is 385 g/mol. The van der Waals surface area contributed by atoms with Gasteiger partial charge in [-0.3, -0.25) is 0 Å². The molecule has 0 aliphatic carbocycles. The van der Waals surface area contributed by atoms with Gasteiger partial charge in [-0.1, -0.05) is 22.9 Å². The predicted molar refractivity (Wildman–Crippen MR) is 110 cm³/mol. The van der Waals surface area contributed by atoms with Crippen molar-refractivity contribution in [2.24, 2.45) is 0 Å². The van der Waals surface area contributed by atoms with Gasteiger partial charge in [-0.15, -0.1) is 0 Å². The van der Waals surface area contributed by atoms with Crippen LogP contribution in [0.1, 0.15) is 11.1 Å². The number of halogens is 1. The fraction of sp³-hybridized carbons (Fsp3) is 0.0833. The number of nitrogens with zero attached hydrogens (tertiary/aromatic N) is 2. The van der Waals surface area contributed by atoms with E-state index in [9.17, 15) is 4.39 Å². The summed E-state index contributed by atoms with van der Waals surface area (Å²) in [4.78, 5) is 0. The summed E-state index contributed by atoms with van der Waals surface area (Å²) in [5.74, 6) is 0.295. The van der Waals surface area contributed by atoms with Gasteiger partial charge in [-0.05, 0) is 43.3 Å². The highest BCUT2D eigenvalue weighted by Crippen LogP contribution is 2.32. The highest BCUT2D eigenvalue weighted by Gasteiger charge is 2.25. The van der Waals surface area contributed by atoms with E-state index in [0.29, 0.717) is 11.3 Å². The summed E-state index contributed by atoms with van der Waals surface area (Å²) in [6.45, 7) is 2.07. The molecule has 29 heavy (non-hydrogen) atoms. The minimum Gasteiger partial charge on any atom is -0.494 e. The fourth-order valence-electron chi connectivity index (χ4n) is 3.51. The summed E-state index contributed by atoms with van der Waals surface area (Å²) in [6, 6.07) is 19.1. The van der Waals surface area contributed by atoms with Gasteiger partial charge in [0.05, 0.1) is 18.6 Å². The van der Waals surface area contributed by atoms with Gasteiger partial charge >= 0.3 is 0 Å². The van der Waals surface area contributed by atoms with Gasteiger partial charge in [0.1, 0.15) is 5.52 Å². The standard InChI is InChI=1S/C24H18FN2O2/c1-15-3-7-18(8-4-15)27-12-11-22(27)16-5-9-21-19(13-16)24(29-26-21)17-6-10-23(28-2)20(25)14-17/h3-14H,1-2H3/q+1. The zero-order valence-corrected chi connectivity index (χ0v) is 16.0. The smallest absolute Gasteiger partial charge is 0.224 e. The molecule has 1 aliphatic heterocycles. The summed E-state index contributed by atoms with van der Waals surface area (Å²) in [6.07, 6.45) is 4.11. The van der Waals surface area contributed by atoms with E-state index in [-0.39, 0.29) is 5.75 Å². The SMILES string of the molecule is COc1ccc(-c2onc3ccc(C4=[N+](c5ccc(C)cc5)C=C4)cc23)cc1F. The second-order valence-electron chi connectivity index (χ2n) is 7.00. The Morgan fingerprint density at radius 3 is 2.45 bits per heavy atom. The number of allylic oxidation sites excluding steroid dienone is 1. The van der Waals surface area contributed by atoms with Gasteiger partial charge in [0, 0.05) is 23.3 Å². The van der Waals surface area contributed by atoms with Gasteiger partial charge in [0.15, 0.2) is 23.5 Å². The van der Waals surface area contributed by atoms with Crippen molar-refractivity contribution in [3.05, 3.63) is 89.9 Å². The van der Waals surface area contributed by atoms with Crippen LogP contribution in [-0.2, 0) is 0 Å². The Balaban J connectivity index is 1.59. The normalized spacial score (nSPS) is 13.1. The zero-order chi connectivity index (χ0) is 20.0. The quantitative estimate of drug-likeness (QED) is 0.429. The lowest BCUT2D eigenvalue weighted by atomic mass is 10.0. The summed E-state index contributed by atoms with van der Waals surface area (Å²) in [5.41, 5.74) is 5.80. The van der Waals surface area contributed by atoms with E-state index in [1.165, 1.54) is 18.7 Å². The molecule has 4 nitrogen and oxygen atoms in total. The Morgan fingerprint density at radius 1 is 0.966 bits per heavy atom. The second-order valence-corrected chi connectivity index (χ2v) is 7.00. The maximum Gasteiger partial charge on any atom is 0.224 e. The van der Waals surface area contributed by atoms with Crippen LogP contribution in [0.15, 0.2) is 77.5 Å². The highest BCUT2D eigenvalue weighted by atomic mass is 19.1. The van der Waals surface area contributed by atoms with Crippen molar-refractivity contribution >= 4 is 22.3 Å². The van der Waals surface area contributed by atoms with Gasteiger partial charge in [-0.25, -0.2) is 4.39 Å². The third-order valence-electron chi connectivity index (χ3n) is 5.14. The first-order valence-electron chi connectivity index (χ1n) is 9.29. The molecule has 0 amide bonds. The molecule has 0 saturated carbocycles. The number of aryl methyl sites for hydroxylation is 1. The first kappa shape index (κ1) is 17.4. The number of ether oxygens (including phenoxy) is 1. The van der Waals surface area contributed by atoms with Crippen molar-refractivity contribution < 1.29 is 18.2 Å². The minimum absolute atomic E-state index is 0.196. The van der Waals surface area contributed by atoms with Crippen LogP contribution in [0.4, 0.5) is 10.1 Å². The third kappa shape index (κ3) is 2.91. The molecule has 5 heteroatoms. The molecular weight excluding hydrogens is 367 g/mol. The van der Waals surface area contributed by atoms with Crippen LogP contribution >= 0.6 is 0 Å². The van der Waals surface area contributed by atoms with Crippen LogP contribution in [0.2, 0.25) is 0 Å². The average Bonchev–Trinajstić information content (AvgIpc) is 3.12. The lowest BCUT2D eigenvalue weighted by Gasteiger charge is -2.10. The Morgan fingerprint density at radius 2 is 1.76 bits per heavy atom. The maximum atomic E-state index is 14.2. The molecule has 142 valence electrons. The molecule has 0 bridgehead atoms. The Hall–Kier alpha value is -3.73. The van der Waals surface area contributed by atoms with E-state index < -0.39 is 5.82 Å². The van der Waals surface area contributed by atoms with E-state index in [2.05, 4.69) is 47.0 Å². The molecule has 1 aromatic heterocycles. The molecule has 0 radical (unpaired) electrons. The number of aromatic nitrogens is 1. The van der Waals surface area contributed by atoms with Crippen molar-refractivity contribution in [1.29, 1.82) is 0 Å². The fourth-order valence-corrected chi connectivity index (χ4v) is 3.51. The van der Waals surface area contributed by atoms with E-state index in [1.54, 1.807) is 12.1 Å². The molecule has 0 spiro atoms. The van der Waals surface area contributed by atoms with E-state index in [0.717, 1.165) is 27.9 Å². The molecule has 2 heterocycles. The monoisotopic (exact) mass is 385 g/mol. The van der Waals surface area contributed by atoms with Gasteiger partial charge in [0.2, 0.25) is 11.4 Å². The van der Waals surface area contributed by atoms with Crippen molar-refractivity contribution in [2.45, 2.75) is 6.92 Å². The largest absolute Gasteiger partial charge is 0.494 e. The van der Waals surface area contributed by atoms with Gasteiger partial charge in [-0.2, -0.15) is 4.58 Å². The molecule has 0 atom stereocenters. The van der Waals surface area contributed by atoms with Crippen LogP contribution < -0.4 is 4.74 Å². The molecule has 1 aliphatic rings. The van der Waals surface area contributed by atoms with Crippen molar-refractivity contribution in [3.63, 3.8) is 0 Å². The molecule has 3 aromatic carbocycles. The number of benzene rings is 3. The molecule has 0 saturated heterocycles. The Bertz CT molecular complexity index is 1300. The first-order valence-corrected chi connectivity index (χ1v) is 9.29. The second kappa shape index (κ2) is 6.71. The first-order chi connectivity index (χ1) is 14.1. The summed E-state index contributed by atoms with van der Waals surface area (Å²) < 4.78 is 26.9. The topological polar surface area (TPSA) is 38.3 Å². The van der Waals surface area contributed by atoms with E-state index >= 15 is 0 Å². The number of hydrogen-bond donors (Lipinski definition) is 0. The van der Waals surface area contributed by atoms with E-state index in [1.807, 2.05) is 24.4 Å². The lowest BCUT2D eigenvalue weighted by Crippen LogP contribution is -2.19. The van der Waals surface area contributed by atoms with Crippen molar-refractivity contribution in [2.75, 3.05) is 7.11 Å². The molecule has 5 rings (SSSR count). The third-order valence-corrected chi connectivity index (χ3v) is 5.14. The highest BCUT2D eigenvalue weighted by molar-refractivity contribution is 6.10. The number of methoxy groups -OCH3 is 1. The van der Waals surface area contributed by atoms with Gasteiger partial charge in [0.25, 0.3) is 0 Å². The van der Waals surface area contributed by atoms with Crippen LogP contribution in [0.5, 0.6) is 5.75 Å². The lowest BCUT2D eigenvalue weighted by molar-refractivity contribution is -0.370. The Kier molecular flexibility index (Phi) is 4.02. The molecule has 0 unspecified atom stereocenters. The number of fused-ring (bicyclic) bond motifs is 1. The molecular formula is C24H18FN2O2+. The van der Waals surface area contributed by atoms with Crippen LogP contribution in [-0.4, -0.2) is 22.6 Å². The van der Waals surface area contributed by atoms with Crippen LogP contribution in [0, 0.1) is 12.7 Å². The predicted octanol–water partition coefficient (Wildman–Crippen LogP) is 5.61. The van der Waals surface area contributed by atoms with E-state index in [4.69, 9.17) is 9.26 Å². The van der Waals surface area contributed by atoms with Crippen molar-refractivity contribution in [3.8, 4) is 17.1 Å². The number of rotatable bonds is 4. The van der Waals surface area contributed by atoms with Gasteiger partial charge < -0.3 is 9.26 Å². The Labute approximate surface area is 167 Å². The molecule has 0 fully saturated rings. The maximum absolute atomic E-state index is 14.2. The van der Waals surface area contributed by atoms with Crippen LogP contribution in [0.3, 0.4) is 0 Å². The van der Waals surface area contributed by atoms with Crippen molar-refractivity contribution in [1.82, 2.24) is 5.16 Å². The molecule has 0 N–H and O–H groups in total. The summed E-state index contributed by atoms with van der Waals surface area (Å²) in [5, 5.41) is 4.97.